The smallest absolute Gasteiger partial charge is 0.243 e. The van der Waals surface area contributed by atoms with E-state index >= 15 is 0 Å². The van der Waals surface area contributed by atoms with E-state index in [1.807, 2.05) is 32.9 Å². The van der Waals surface area contributed by atoms with E-state index in [1.54, 1.807) is 11.9 Å². The molecule has 1 aromatic rings. The van der Waals surface area contributed by atoms with Crippen molar-refractivity contribution in [3.8, 4) is 0 Å². The topological polar surface area (TPSA) is 75.4 Å². The number of hydrogen-bond donors (Lipinski definition) is 2. The van der Waals surface area contributed by atoms with Gasteiger partial charge in [0.05, 0.1) is 12.5 Å². The summed E-state index contributed by atoms with van der Waals surface area (Å²) in [4.78, 5) is 26.8. The highest BCUT2D eigenvalue weighted by Gasteiger charge is 2.49. The molecule has 136 valence electrons. The van der Waals surface area contributed by atoms with Gasteiger partial charge >= 0.3 is 0 Å². The van der Waals surface area contributed by atoms with Gasteiger partial charge in [-0.05, 0) is 63.0 Å². The molecule has 0 heterocycles. The van der Waals surface area contributed by atoms with E-state index < -0.39 is 0 Å². The molecule has 5 nitrogen and oxygen atoms in total. The maximum Gasteiger partial charge on any atom is 0.243 e. The molecule has 3 N–H and O–H groups in total. The first-order chi connectivity index (χ1) is 11.8. The monoisotopic (exact) mass is 343 g/mol. The molecule has 0 aliphatic heterocycles. The number of rotatable bonds is 4. The maximum absolute atomic E-state index is 12.8. The molecule has 2 aliphatic rings. The van der Waals surface area contributed by atoms with Crippen LogP contribution in [-0.4, -0.2) is 36.3 Å². The number of carbonyl (C=O) groups is 2. The average Bonchev–Trinajstić information content (AvgIpc) is 3.11. The minimum Gasteiger partial charge on any atom is -0.336 e. The number of benzene rings is 1. The molecule has 4 atom stereocenters. The van der Waals surface area contributed by atoms with Gasteiger partial charge < -0.3 is 16.0 Å². The molecule has 5 heteroatoms. The number of carbonyl (C=O) groups excluding carboxylic acids is 2. The summed E-state index contributed by atoms with van der Waals surface area (Å²) in [5, 5.41) is 2.96. The summed E-state index contributed by atoms with van der Waals surface area (Å²) in [7, 11) is 1.70. The largest absolute Gasteiger partial charge is 0.336 e. The van der Waals surface area contributed by atoms with E-state index in [0.29, 0.717) is 11.8 Å². The van der Waals surface area contributed by atoms with Crippen LogP contribution in [0.15, 0.2) is 12.1 Å². The highest BCUT2D eigenvalue weighted by atomic mass is 16.2. The van der Waals surface area contributed by atoms with Gasteiger partial charge in [-0.25, -0.2) is 0 Å². The fourth-order valence-electron chi connectivity index (χ4n) is 4.81. The molecular weight excluding hydrogens is 314 g/mol. The highest BCUT2D eigenvalue weighted by Crippen LogP contribution is 2.48. The number of nitrogens with two attached hydrogens (primary N) is 1. The lowest BCUT2D eigenvalue weighted by Crippen LogP contribution is -2.47. The Bertz CT molecular complexity index is 675. The Balaban J connectivity index is 1.62. The van der Waals surface area contributed by atoms with Crippen molar-refractivity contribution in [2.45, 2.75) is 46.1 Å². The van der Waals surface area contributed by atoms with Crippen LogP contribution in [0.3, 0.4) is 0 Å². The van der Waals surface area contributed by atoms with Gasteiger partial charge in [-0.15, -0.1) is 0 Å². The number of aryl methyl sites for hydroxylation is 3. The predicted octanol–water partition coefficient (Wildman–Crippen LogP) is 2.38. The second-order valence-corrected chi connectivity index (χ2v) is 7.95. The van der Waals surface area contributed by atoms with E-state index in [-0.39, 0.29) is 30.3 Å². The number of likely N-dealkylation sites (N-methyl/N-ethyl adjacent to an activating group) is 1. The van der Waals surface area contributed by atoms with Crippen molar-refractivity contribution >= 4 is 17.5 Å². The van der Waals surface area contributed by atoms with Crippen molar-refractivity contribution in [2.75, 3.05) is 18.9 Å². The summed E-state index contributed by atoms with van der Waals surface area (Å²) in [6.45, 7) is 6.07. The van der Waals surface area contributed by atoms with Crippen molar-refractivity contribution in [1.82, 2.24) is 4.90 Å². The van der Waals surface area contributed by atoms with Crippen LogP contribution < -0.4 is 11.1 Å². The van der Waals surface area contributed by atoms with Gasteiger partial charge in [0.25, 0.3) is 0 Å². The highest BCUT2D eigenvalue weighted by molar-refractivity contribution is 5.96. The van der Waals surface area contributed by atoms with Crippen LogP contribution in [-0.2, 0) is 9.59 Å². The Morgan fingerprint density at radius 2 is 1.76 bits per heavy atom. The van der Waals surface area contributed by atoms with Crippen LogP contribution >= 0.6 is 0 Å². The molecule has 0 saturated heterocycles. The normalized spacial score (nSPS) is 27.4. The van der Waals surface area contributed by atoms with Crippen molar-refractivity contribution in [3.63, 3.8) is 0 Å². The van der Waals surface area contributed by atoms with E-state index in [0.717, 1.165) is 36.1 Å². The van der Waals surface area contributed by atoms with Crippen LogP contribution in [0.4, 0.5) is 5.69 Å². The Hall–Kier alpha value is -1.88. The Morgan fingerprint density at radius 3 is 2.32 bits per heavy atom. The first kappa shape index (κ1) is 17.9. The third-order valence-electron chi connectivity index (χ3n) is 5.96. The van der Waals surface area contributed by atoms with Crippen LogP contribution in [0.25, 0.3) is 0 Å². The molecule has 0 radical (unpaired) electrons. The predicted molar refractivity (Wildman–Crippen MR) is 99.2 cm³/mol. The molecule has 1 aromatic carbocycles. The van der Waals surface area contributed by atoms with Crippen LogP contribution in [0.2, 0.25) is 0 Å². The molecule has 0 spiro atoms. The Morgan fingerprint density at radius 1 is 1.16 bits per heavy atom. The van der Waals surface area contributed by atoms with Gasteiger partial charge in [0.1, 0.15) is 0 Å². The second kappa shape index (κ2) is 6.79. The minimum atomic E-state index is -0.164. The number of nitrogens with one attached hydrogen (secondary N) is 1. The molecule has 3 rings (SSSR count). The van der Waals surface area contributed by atoms with E-state index in [9.17, 15) is 9.59 Å². The fourth-order valence-corrected chi connectivity index (χ4v) is 4.81. The van der Waals surface area contributed by atoms with Crippen molar-refractivity contribution < 1.29 is 9.59 Å². The molecule has 2 aliphatic carbocycles. The van der Waals surface area contributed by atoms with Gasteiger partial charge in [0.2, 0.25) is 11.8 Å². The van der Waals surface area contributed by atoms with Crippen molar-refractivity contribution in [1.29, 1.82) is 0 Å². The average molecular weight is 343 g/mol. The standard InChI is InChI=1S/C20H29N3O2/c1-11-7-12(2)19(13(3)8-11)22-16(24)10-23(4)20(25)17-14-5-6-15(9-14)18(17)21/h7-8,14-15,17-18H,5-6,9-10,21H2,1-4H3,(H,22,24). The van der Waals surface area contributed by atoms with Crippen LogP contribution in [0.5, 0.6) is 0 Å². The number of fused-ring (bicyclic) bond motifs is 2. The molecule has 0 aromatic heterocycles. The van der Waals surface area contributed by atoms with Gasteiger partial charge in [-0.3, -0.25) is 9.59 Å². The van der Waals surface area contributed by atoms with E-state index in [1.165, 1.54) is 5.56 Å². The van der Waals surface area contributed by atoms with E-state index in [4.69, 9.17) is 5.73 Å². The molecule has 2 bridgehead atoms. The molecular formula is C20H29N3O2. The number of nitrogens with zero attached hydrogens (tertiary/aromatic N) is 1. The summed E-state index contributed by atoms with van der Waals surface area (Å²) >= 11 is 0. The zero-order valence-corrected chi connectivity index (χ0v) is 15.6. The lowest BCUT2D eigenvalue weighted by Gasteiger charge is -2.30. The fraction of sp³-hybridized carbons (Fsp3) is 0.600. The van der Waals surface area contributed by atoms with Gasteiger partial charge in [-0.1, -0.05) is 17.7 Å². The van der Waals surface area contributed by atoms with Gasteiger partial charge in [-0.2, -0.15) is 0 Å². The molecule has 2 amide bonds. The quantitative estimate of drug-likeness (QED) is 0.881. The lowest BCUT2D eigenvalue weighted by atomic mass is 9.84. The maximum atomic E-state index is 12.8. The van der Waals surface area contributed by atoms with Crippen LogP contribution in [0, 0.1) is 38.5 Å². The summed E-state index contributed by atoms with van der Waals surface area (Å²) in [6, 6.07) is 4.05. The molecule has 2 saturated carbocycles. The number of amides is 2. The minimum absolute atomic E-state index is 0.0206. The van der Waals surface area contributed by atoms with Gasteiger partial charge in [0, 0.05) is 18.8 Å². The second-order valence-electron chi connectivity index (χ2n) is 7.95. The Kier molecular flexibility index (Phi) is 4.87. The first-order valence-corrected chi connectivity index (χ1v) is 9.16. The third kappa shape index (κ3) is 3.43. The number of hydrogen-bond acceptors (Lipinski definition) is 3. The third-order valence-corrected chi connectivity index (χ3v) is 5.96. The molecule has 4 unspecified atom stereocenters. The molecule has 2 fully saturated rings. The molecule has 25 heavy (non-hydrogen) atoms. The summed E-state index contributed by atoms with van der Waals surface area (Å²) in [5.74, 6) is 0.632. The zero-order chi connectivity index (χ0) is 18.3. The summed E-state index contributed by atoms with van der Waals surface area (Å²) in [5.41, 5.74) is 10.3. The van der Waals surface area contributed by atoms with Crippen molar-refractivity contribution in [2.24, 2.45) is 23.5 Å². The summed E-state index contributed by atoms with van der Waals surface area (Å²) < 4.78 is 0. The van der Waals surface area contributed by atoms with Crippen LogP contribution in [0.1, 0.15) is 36.0 Å². The van der Waals surface area contributed by atoms with Crippen molar-refractivity contribution in [3.05, 3.63) is 28.8 Å². The number of anilines is 1. The van der Waals surface area contributed by atoms with Gasteiger partial charge in [0.15, 0.2) is 0 Å². The SMILES string of the molecule is Cc1cc(C)c(NC(=O)CN(C)C(=O)C2C3CCC(C3)C2N)c(C)c1. The summed E-state index contributed by atoms with van der Waals surface area (Å²) in [6.07, 6.45) is 3.31. The lowest BCUT2D eigenvalue weighted by molar-refractivity contribution is -0.138. The Labute approximate surface area is 150 Å². The first-order valence-electron chi connectivity index (χ1n) is 9.16. The zero-order valence-electron chi connectivity index (χ0n) is 15.6. The van der Waals surface area contributed by atoms with E-state index in [2.05, 4.69) is 5.32 Å².